The highest BCUT2D eigenvalue weighted by atomic mass is 16.5. The lowest BCUT2D eigenvalue weighted by Gasteiger charge is -2.28. The lowest BCUT2D eigenvalue weighted by Crippen LogP contribution is -2.43. The maximum Gasteiger partial charge on any atom is 0.316 e. The lowest BCUT2D eigenvalue weighted by molar-refractivity contribution is -0.120. The second-order valence-electron chi connectivity index (χ2n) is 9.73. The van der Waals surface area contributed by atoms with Crippen LogP contribution in [0.3, 0.4) is 0 Å². The molecule has 202 valence electrons. The third kappa shape index (κ3) is 9.42. The van der Waals surface area contributed by atoms with Gasteiger partial charge in [0.05, 0.1) is 24.8 Å². The Morgan fingerprint density at radius 1 is 1.00 bits per heavy atom. The van der Waals surface area contributed by atoms with Crippen LogP contribution in [0.1, 0.15) is 36.6 Å². The van der Waals surface area contributed by atoms with E-state index in [1.807, 2.05) is 68.4 Å². The molecule has 0 aromatic heterocycles. The fourth-order valence-corrected chi connectivity index (χ4v) is 4.03. The van der Waals surface area contributed by atoms with Crippen LogP contribution in [0.5, 0.6) is 11.5 Å². The summed E-state index contributed by atoms with van der Waals surface area (Å²) in [5.41, 5.74) is 7.41. The number of aromatic hydroxyl groups is 1. The van der Waals surface area contributed by atoms with Crippen LogP contribution in [0.4, 0.5) is 10.5 Å². The van der Waals surface area contributed by atoms with Crippen LogP contribution >= 0.6 is 0 Å². The Labute approximate surface area is 223 Å². The Balaban J connectivity index is 1.47. The maximum absolute atomic E-state index is 12.4. The molecule has 9 nitrogen and oxygen atoms in total. The zero-order valence-electron chi connectivity index (χ0n) is 21.7. The van der Waals surface area contributed by atoms with E-state index in [2.05, 4.69) is 16.0 Å². The number of hydrogen-bond donors (Lipinski definition) is 6. The molecule has 0 saturated heterocycles. The number of nitrogens with one attached hydrogen (secondary N) is 3. The molecule has 0 saturated carbocycles. The predicted octanol–water partition coefficient (Wildman–Crippen LogP) is 3.26. The van der Waals surface area contributed by atoms with Gasteiger partial charge in [-0.05, 0) is 61.2 Å². The van der Waals surface area contributed by atoms with Crippen LogP contribution in [0.25, 0.3) is 0 Å². The molecule has 3 rings (SSSR count). The second-order valence-corrected chi connectivity index (χ2v) is 9.73. The normalized spacial score (nSPS) is 12.0. The predicted molar refractivity (Wildman–Crippen MR) is 147 cm³/mol. The molecular formula is C29H36N4O5. The summed E-state index contributed by atoms with van der Waals surface area (Å²) in [5, 5.41) is 29.1. The van der Waals surface area contributed by atoms with Crippen LogP contribution in [0.2, 0.25) is 0 Å². The minimum absolute atomic E-state index is 0.0709. The number of β-amino-alcohol motifs (C(OH)–C–C–N with tert-alkyl or cyclic N) is 1. The van der Waals surface area contributed by atoms with E-state index in [9.17, 15) is 19.8 Å². The number of benzene rings is 3. The van der Waals surface area contributed by atoms with Gasteiger partial charge in [-0.1, -0.05) is 48.5 Å². The summed E-state index contributed by atoms with van der Waals surface area (Å²) in [5.74, 6) is 0.562. The van der Waals surface area contributed by atoms with Crippen LogP contribution < -0.4 is 26.4 Å². The maximum atomic E-state index is 12.4. The van der Waals surface area contributed by atoms with E-state index in [0.29, 0.717) is 25.1 Å². The van der Waals surface area contributed by atoms with E-state index >= 15 is 0 Å². The molecule has 0 fully saturated rings. The fourth-order valence-electron chi connectivity index (χ4n) is 4.03. The van der Waals surface area contributed by atoms with Gasteiger partial charge < -0.3 is 36.6 Å². The summed E-state index contributed by atoms with van der Waals surface area (Å²) in [4.78, 5) is 23.5. The molecule has 0 aliphatic heterocycles. The monoisotopic (exact) mass is 520 g/mol. The van der Waals surface area contributed by atoms with E-state index in [1.54, 1.807) is 6.07 Å². The minimum Gasteiger partial charge on any atom is -0.506 e. The molecule has 0 radical (unpaired) electrons. The Morgan fingerprint density at radius 2 is 1.74 bits per heavy atom. The Kier molecular flexibility index (Phi) is 10.1. The van der Waals surface area contributed by atoms with Gasteiger partial charge in [0.25, 0.3) is 0 Å². The number of urea groups is 1. The highest BCUT2D eigenvalue weighted by Gasteiger charge is 2.21. The molecule has 0 unspecified atom stereocenters. The summed E-state index contributed by atoms with van der Waals surface area (Å²) in [7, 11) is 0. The van der Waals surface area contributed by atoms with Gasteiger partial charge in [0.2, 0.25) is 5.91 Å². The number of aliphatic hydroxyl groups excluding tert-OH is 1. The number of hydrogen-bond acceptors (Lipinski definition) is 6. The molecule has 3 amide bonds. The highest BCUT2D eigenvalue weighted by molar-refractivity contribution is 5.89. The summed E-state index contributed by atoms with van der Waals surface area (Å²) < 4.78 is 5.60. The number of primary amides is 1. The standard InChI is InChI=1S/C29H36N4O5/c1-29(2,32-19-26(35)22-11-12-25(34)24(17-22)33-28(30)37)18-21-8-6-7-20(15-21)16-27(36)31-13-14-38-23-9-4-3-5-10-23/h3-12,15,17,26,32,34-35H,13-14,16,18-19H2,1-2H3,(H,31,36)(H3,30,33,37)/t26-/m0/s1. The summed E-state index contributed by atoms with van der Waals surface area (Å²) >= 11 is 0. The SMILES string of the molecule is CC(C)(Cc1cccc(CC(=O)NCCOc2ccccc2)c1)NC[C@H](O)c1ccc(O)c(NC(N)=O)c1. The van der Waals surface area contributed by atoms with E-state index in [4.69, 9.17) is 10.5 Å². The molecule has 1 atom stereocenters. The molecule has 0 aliphatic rings. The average Bonchev–Trinajstić information content (AvgIpc) is 2.87. The number of carbonyl (C=O) groups excluding carboxylic acids is 2. The number of para-hydroxylation sites is 1. The average molecular weight is 521 g/mol. The largest absolute Gasteiger partial charge is 0.506 e. The number of rotatable bonds is 13. The zero-order valence-corrected chi connectivity index (χ0v) is 21.7. The Morgan fingerprint density at radius 3 is 2.47 bits per heavy atom. The first-order valence-corrected chi connectivity index (χ1v) is 12.5. The van der Waals surface area contributed by atoms with Crippen molar-refractivity contribution in [1.82, 2.24) is 10.6 Å². The van der Waals surface area contributed by atoms with Crippen molar-refractivity contribution in [1.29, 1.82) is 0 Å². The van der Waals surface area contributed by atoms with Gasteiger partial charge in [-0.25, -0.2) is 4.79 Å². The van der Waals surface area contributed by atoms with Crippen LogP contribution in [-0.2, 0) is 17.6 Å². The van der Waals surface area contributed by atoms with Crippen molar-refractivity contribution < 1.29 is 24.5 Å². The molecule has 0 aliphatic carbocycles. The second kappa shape index (κ2) is 13.5. The number of carbonyl (C=O) groups is 2. The number of anilines is 1. The number of phenolic OH excluding ortho intramolecular Hbond substituents is 1. The Bertz CT molecular complexity index is 1220. The molecule has 3 aromatic rings. The van der Waals surface area contributed by atoms with E-state index in [-0.39, 0.29) is 35.8 Å². The van der Waals surface area contributed by atoms with Crippen molar-refractivity contribution in [2.45, 2.75) is 38.3 Å². The summed E-state index contributed by atoms with van der Waals surface area (Å²) in [6, 6.07) is 21.0. The van der Waals surface area contributed by atoms with Crippen molar-refractivity contribution >= 4 is 17.6 Å². The first-order valence-electron chi connectivity index (χ1n) is 12.5. The first-order chi connectivity index (χ1) is 18.1. The smallest absolute Gasteiger partial charge is 0.316 e. The zero-order chi connectivity index (χ0) is 27.5. The van der Waals surface area contributed by atoms with Gasteiger partial charge in [0.1, 0.15) is 18.1 Å². The fraction of sp³-hybridized carbons (Fsp3) is 0.310. The molecule has 9 heteroatoms. The molecule has 0 spiro atoms. The van der Waals surface area contributed by atoms with Gasteiger partial charge in [-0.2, -0.15) is 0 Å². The minimum atomic E-state index is -0.871. The number of ether oxygens (including phenoxy) is 1. The number of nitrogens with two attached hydrogens (primary N) is 1. The van der Waals surface area contributed by atoms with Crippen molar-refractivity contribution in [3.63, 3.8) is 0 Å². The molecule has 0 heterocycles. The van der Waals surface area contributed by atoms with Crippen molar-refractivity contribution in [3.05, 3.63) is 89.5 Å². The topological polar surface area (TPSA) is 146 Å². The number of aliphatic hydroxyl groups is 1. The molecule has 7 N–H and O–H groups in total. The third-order valence-electron chi connectivity index (χ3n) is 5.88. The van der Waals surface area contributed by atoms with Crippen molar-refractivity contribution in [3.8, 4) is 11.5 Å². The third-order valence-corrected chi connectivity index (χ3v) is 5.88. The lowest BCUT2D eigenvalue weighted by atomic mass is 9.93. The van der Waals surface area contributed by atoms with Crippen molar-refractivity contribution in [2.75, 3.05) is 25.0 Å². The van der Waals surface area contributed by atoms with Gasteiger partial charge in [0.15, 0.2) is 0 Å². The Hall–Kier alpha value is -4.08. The number of amides is 3. The van der Waals surface area contributed by atoms with Crippen LogP contribution in [0, 0.1) is 0 Å². The van der Waals surface area contributed by atoms with Crippen LogP contribution in [-0.4, -0.2) is 47.4 Å². The van der Waals surface area contributed by atoms with E-state index in [0.717, 1.165) is 16.9 Å². The van der Waals surface area contributed by atoms with Gasteiger partial charge >= 0.3 is 6.03 Å². The van der Waals surface area contributed by atoms with Gasteiger partial charge in [-0.15, -0.1) is 0 Å². The summed E-state index contributed by atoms with van der Waals surface area (Å²) in [6.07, 6.45) is 0.0718. The molecule has 38 heavy (non-hydrogen) atoms. The molecule has 0 bridgehead atoms. The van der Waals surface area contributed by atoms with E-state index < -0.39 is 12.1 Å². The quantitative estimate of drug-likeness (QED) is 0.151. The van der Waals surface area contributed by atoms with Gasteiger partial charge in [0, 0.05) is 12.1 Å². The van der Waals surface area contributed by atoms with Gasteiger partial charge in [-0.3, -0.25) is 4.79 Å². The molecule has 3 aromatic carbocycles. The molecular weight excluding hydrogens is 484 g/mol. The first kappa shape index (κ1) is 28.5. The number of phenols is 1. The summed E-state index contributed by atoms with van der Waals surface area (Å²) in [6.45, 7) is 5.13. The van der Waals surface area contributed by atoms with E-state index in [1.165, 1.54) is 12.1 Å². The van der Waals surface area contributed by atoms with Crippen LogP contribution in [0.15, 0.2) is 72.8 Å². The highest BCUT2D eigenvalue weighted by Crippen LogP contribution is 2.27. The van der Waals surface area contributed by atoms with Crippen molar-refractivity contribution in [2.24, 2.45) is 5.73 Å².